The Bertz CT molecular complexity index is 572. The van der Waals surface area contributed by atoms with E-state index >= 15 is 0 Å². The maximum atomic E-state index is 13.0. The number of carbonyl (C=O) groups excluding carboxylic acids is 1. The molecule has 4 saturated carbocycles. The summed E-state index contributed by atoms with van der Waals surface area (Å²) in [6.45, 7) is -0.316. The smallest absolute Gasteiger partial charge is 0.407 e. The van der Waals surface area contributed by atoms with Crippen LogP contribution in [0.2, 0.25) is 0 Å². The lowest BCUT2D eigenvalue weighted by molar-refractivity contribution is -0.0195. The van der Waals surface area contributed by atoms with Gasteiger partial charge in [0.15, 0.2) is 0 Å². The van der Waals surface area contributed by atoms with E-state index in [4.69, 9.17) is 9.29 Å². The maximum Gasteiger partial charge on any atom is 0.407 e. The fourth-order valence-corrected chi connectivity index (χ4v) is 5.49. The van der Waals surface area contributed by atoms with Crippen LogP contribution in [0, 0.1) is 17.8 Å². The third kappa shape index (κ3) is 3.66. The third-order valence-corrected chi connectivity index (χ3v) is 6.59. The standard InChI is InChI=1S/C15H23F2NO5S/c16-15(17,24(20,21)22)2-1-3-23-13(19)18-14-7-10-4-11(8-14)6-12(5-10)9-14/h10-12H,1-9H2,(H,18,19)(H,20,21,22). The van der Waals surface area contributed by atoms with Crippen molar-refractivity contribution in [2.24, 2.45) is 17.8 Å². The van der Waals surface area contributed by atoms with Gasteiger partial charge in [0, 0.05) is 12.0 Å². The van der Waals surface area contributed by atoms with Crippen LogP contribution in [0.4, 0.5) is 13.6 Å². The van der Waals surface area contributed by atoms with Gasteiger partial charge in [0.2, 0.25) is 0 Å². The second kappa shape index (κ2) is 6.09. The number of halogens is 2. The summed E-state index contributed by atoms with van der Waals surface area (Å²) in [5.74, 6) is 1.97. The predicted molar refractivity (Wildman–Crippen MR) is 81.1 cm³/mol. The quantitative estimate of drug-likeness (QED) is 0.556. The molecular formula is C15H23F2NO5S. The Kier molecular flexibility index (Phi) is 4.53. The molecule has 0 aliphatic heterocycles. The van der Waals surface area contributed by atoms with Crippen LogP contribution in [-0.2, 0) is 14.9 Å². The normalized spacial score (nSPS) is 35.0. The van der Waals surface area contributed by atoms with Gasteiger partial charge in [-0.05, 0) is 62.7 Å². The number of nitrogens with one attached hydrogen (secondary N) is 1. The zero-order valence-corrected chi connectivity index (χ0v) is 14.2. The van der Waals surface area contributed by atoms with Crippen molar-refractivity contribution >= 4 is 16.2 Å². The van der Waals surface area contributed by atoms with Crippen molar-refractivity contribution in [3.05, 3.63) is 0 Å². The fourth-order valence-electron chi connectivity index (χ4n) is 5.09. The number of hydrogen-bond donors (Lipinski definition) is 2. The highest BCUT2D eigenvalue weighted by atomic mass is 32.2. The topological polar surface area (TPSA) is 92.7 Å². The maximum absolute atomic E-state index is 13.0. The van der Waals surface area contributed by atoms with Gasteiger partial charge in [-0.2, -0.15) is 17.2 Å². The molecule has 0 radical (unpaired) electrons. The van der Waals surface area contributed by atoms with Crippen LogP contribution in [0.5, 0.6) is 0 Å². The highest BCUT2D eigenvalue weighted by molar-refractivity contribution is 7.86. The molecule has 1 amide bonds. The Morgan fingerprint density at radius 3 is 2.12 bits per heavy atom. The molecule has 0 saturated heterocycles. The van der Waals surface area contributed by atoms with Gasteiger partial charge >= 0.3 is 21.5 Å². The Labute approximate surface area is 140 Å². The number of ether oxygens (including phenoxy) is 1. The molecular weight excluding hydrogens is 344 g/mol. The predicted octanol–water partition coefficient (Wildman–Crippen LogP) is 2.94. The minimum Gasteiger partial charge on any atom is -0.450 e. The van der Waals surface area contributed by atoms with Crippen LogP contribution in [0.25, 0.3) is 0 Å². The molecule has 138 valence electrons. The van der Waals surface area contributed by atoms with Crippen LogP contribution in [-0.4, -0.2) is 36.5 Å². The lowest BCUT2D eigenvalue weighted by Crippen LogP contribution is -2.59. The second-order valence-corrected chi connectivity index (χ2v) is 9.22. The second-order valence-electron chi connectivity index (χ2n) is 7.67. The molecule has 4 aliphatic carbocycles. The van der Waals surface area contributed by atoms with E-state index in [0.29, 0.717) is 17.8 Å². The molecule has 0 aromatic rings. The molecule has 4 rings (SSSR count). The van der Waals surface area contributed by atoms with Crippen molar-refractivity contribution in [2.45, 2.75) is 62.2 Å². The number of amides is 1. The lowest BCUT2D eigenvalue weighted by Gasteiger charge is -2.56. The summed E-state index contributed by atoms with van der Waals surface area (Å²) in [5.41, 5.74) is -0.218. The number of carbonyl (C=O) groups is 1. The summed E-state index contributed by atoms with van der Waals surface area (Å²) in [7, 11) is -5.43. The van der Waals surface area contributed by atoms with Gasteiger partial charge in [0.05, 0.1) is 6.61 Å². The number of rotatable bonds is 6. The molecule has 6 nitrogen and oxygen atoms in total. The molecule has 0 heterocycles. The average Bonchev–Trinajstić information content (AvgIpc) is 2.40. The molecule has 0 aromatic heterocycles. The van der Waals surface area contributed by atoms with Crippen molar-refractivity contribution in [2.75, 3.05) is 6.61 Å². The van der Waals surface area contributed by atoms with E-state index in [1.165, 1.54) is 19.3 Å². The first kappa shape index (κ1) is 17.8. The zero-order chi connectivity index (χ0) is 17.6. The summed E-state index contributed by atoms with van der Waals surface area (Å²) in [6.07, 6.45) is 4.51. The highest BCUT2D eigenvalue weighted by Crippen LogP contribution is 2.55. The van der Waals surface area contributed by atoms with Crippen molar-refractivity contribution in [1.82, 2.24) is 5.32 Å². The molecule has 2 N–H and O–H groups in total. The van der Waals surface area contributed by atoms with E-state index < -0.39 is 27.9 Å². The molecule has 4 fully saturated rings. The summed E-state index contributed by atoms with van der Waals surface area (Å²) in [4.78, 5) is 12.0. The van der Waals surface area contributed by atoms with Gasteiger partial charge in [0.25, 0.3) is 0 Å². The minimum atomic E-state index is -5.43. The van der Waals surface area contributed by atoms with E-state index in [1.807, 2.05) is 0 Å². The molecule has 24 heavy (non-hydrogen) atoms. The first-order valence-corrected chi connectivity index (χ1v) is 9.82. The van der Waals surface area contributed by atoms with Gasteiger partial charge < -0.3 is 10.1 Å². The SMILES string of the molecule is O=C(NC12CC3CC(CC(C3)C1)C2)OCCCC(F)(F)S(=O)(=O)O. The fraction of sp³-hybridized carbons (Fsp3) is 0.933. The van der Waals surface area contributed by atoms with Crippen molar-refractivity contribution in [1.29, 1.82) is 0 Å². The number of alkyl carbamates (subject to hydrolysis) is 1. The summed E-state index contributed by atoms with van der Waals surface area (Å²) in [5, 5.41) is -1.28. The third-order valence-electron chi connectivity index (χ3n) is 5.63. The summed E-state index contributed by atoms with van der Waals surface area (Å²) < 4.78 is 60.4. The molecule has 4 bridgehead atoms. The van der Waals surface area contributed by atoms with E-state index in [2.05, 4.69) is 5.32 Å². The molecule has 4 aliphatic rings. The van der Waals surface area contributed by atoms with Crippen molar-refractivity contribution < 1.29 is 31.3 Å². The van der Waals surface area contributed by atoms with Gasteiger partial charge in [-0.3, -0.25) is 4.55 Å². The van der Waals surface area contributed by atoms with Gasteiger partial charge in [-0.15, -0.1) is 0 Å². The summed E-state index contributed by atoms with van der Waals surface area (Å²) in [6, 6.07) is 0. The first-order chi connectivity index (χ1) is 11.1. The monoisotopic (exact) mass is 367 g/mol. The van der Waals surface area contributed by atoms with Gasteiger partial charge in [-0.1, -0.05) is 0 Å². The number of hydrogen-bond acceptors (Lipinski definition) is 4. The van der Waals surface area contributed by atoms with Crippen LogP contribution in [0.1, 0.15) is 51.4 Å². The van der Waals surface area contributed by atoms with E-state index in [1.54, 1.807) is 0 Å². The molecule has 0 spiro atoms. The number of alkyl halides is 2. The largest absolute Gasteiger partial charge is 0.450 e. The average molecular weight is 367 g/mol. The Balaban J connectivity index is 1.44. The lowest BCUT2D eigenvalue weighted by atomic mass is 9.53. The van der Waals surface area contributed by atoms with Crippen molar-refractivity contribution in [3.8, 4) is 0 Å². The van der Waals surface area contributed by atoms with Crippen LogP contribution in [0.15, 0.2) is 0 Å². The van der Waals surface area contributed by atoms with E-state index in [0.717, 1.165) is 19.3 Å². The Morgan fingerprint density at radius 1 is 1.17 bits per heavy atom. The first-order valence-electron chi connectivity index (χ1n) is 8.38. The zero-order valence-electron chi connectivity index (χ0n) is 13.3. The molecule has 9 heteroatoms. The molecule has 0 atom stereocenters. The van der Waals surface area contributed by atoms with E-state index in [-0.39, 0.29) is 18.6 Å². The van der Waals surface area contributed by atoms with Crippen LogP contribution in [0.3, 0.4) is 0 Å². The molecule has 0 aromatic carbocycles. The van der Waals surface area contributed by atoms with Crippen LogP contribution < -0.4 is 5.32 Å². The Morgan fingerprint density at radius 2 is 1.67 bits per heavy atom. The van der Waals surface area contributed by atoms with Gasteiger partial charge in [-0.25, -0.2) is 4.79 Å². The Hall–Kier alpha value is -0.960. The van der Waals surface area contributed by atoms with E-state index in [9.17, 15) is 22.0 Å². The summed E-state index contributed by atoms with van der Waals surface area (Å²) >= 11 is 0. The van der Waals surface area contributed by atoms with Crippen LogP contribution >= 0.6 is 0 Å². The van der Waals surface area contributed by atoms with Crippen molar-refractivity contribution in [3.63, 3.8) is 0 Å². The molecule has 0 unspecified atom stereocenters. The minimum absolute atomic E-state index is 0.218. The highest BCUT2D eigenvalue weighted by Gasteiger charge is 2.51. The van der Waals surface area contributed by atoms with Gasteiger partial charge in [0.1, 0.15) is 0 Å².